The van der Waals surface area contributed by atoms with Gasteiger partial charge in [0.15, 0.2) is 0 Å². The molecule has 0 bridgehead atoms. The molecule has 1 heterocycles. The number of hydrogen-bond acceptors (Lipinski definition) is 3. The molecule has 1 atom stereocenters. The van der Waals surface area contributed by atoms with Crippen LogP contribution in [0.1, 0.15) is 39.5 Å². The number of carbonyl (C=O) groups is 1. The van der Waals surface area contributed by atoms with E-state index in [1.165, 1.54) is 0 Å². The molecule has 4 heteroatoms. The minimum absolute atomic E-state index is 0.0282. The Morgan fingerprint density at radius 2 is 2.33 bits per heavy atom. The molecule has 0 saturated carbocycles. The normalized spacial score (nSPS) is 21.7. The van der Waals surface area contributed by atoms with Crippen LogP contribution in [0.3, 0.4) is 0 Å². The van der Waals surface area contributed by atoms with E-state index in [1.807, 2.05) is 13.8 Å². The fraction of sp³-hybridized carbons (Fsp3) is 0.909. The van der Waals surface area contributed by atoms with Crippen molar-refractivity contribution in [3.63, 3.8) is 0 Å². The maximum Gasteiger partial charge on any atom is 0.221 e. The highest BCUT2D eigenvalue weighted by Gasteiger charge is 2.18. The molecule has 0 radical (unpaired) electrons. The summed E-state index contributed by atoms with van der Waals surface area (Å²) in [7, 11) is 0. The Morgan fingerprint density at radius 3 is 2.87 bits per heavy atom. The van der Waals surface area contributed by atoms with Crippen molar-refractivity contribution in [2.24, 2.45) is 5.73 Å². The highest BCUT2D eigenvalue weighted by Crippen LogP contribution is 2.14. The Labute approximate surface area is 91.5 Å². The Morgan fingerprint density at radius 1 is 1.60 bits per heavy atom. The van der Waals surface area contributed by atoms with Gasteiger partial charge in [-0.25, -0.2) is 0 Å². The first kappa shape index (κ1) is 12.5. The van der Waals surface area contributed by atoms with E-state index in [9.17, 15) is 4.79 Å². The molecule has 4 nitrogen and oxygen atoms in total. The molecule has 0 aliphatic carbocycles. The molecule has 0 spiro atoms. The van der Waals surface area contributed by atoms with Gasteiger partial charge in [-0.2, -0.15) is 0 Å². The lowest BCUT2D eigenvalue weighted by Gasteiger charge is -2.18. The third kappa shape index (κ3) is 5.74. The second kappa shape index (κ2) is 5.47. The van der Waals surface area contributed by atoms with Gasteiger partial charge in [-0.15, -0.1) is 0 Å². The first-order valence-electron chi connectivity index (χ1n) is 5.64. The molecule has 0 aromatic carbocycles. The first-order chi connectivity index (χ1) is 6.97. The highest BCUT2D eigenvalue weighted by atomic mass is 16.5. The summed E-state index contributed by atoms with van der Waals surface area (Å²) in [5.41, 5.74) is 5.32. The van der Waals surface area contributed by atoms with Gasteiger partial charge >= 0.3 is 0 Å². The zero-order valence-corrected chi connectivity index (χ0v) is 9.71. The molecule has 1 amide bonds. The van der Waals surface area contributed by atoms with Gasteiger partial charge in [0.2, 0.25) is 5.91 Å². The van der Waals surface area contributed by atoms with E-state index < -0.39 is 5.54 Å². The maximum atomic E-state index is 11.4. The minimum Gasteiger partial charge on any atom is -0.378 e. The largest absolute Gasteiger partial charge is 0.378 e. The lowest BCUT2D eigenvalue weighted by molar-refractivity contribution is -0.122. The van der Waals surface area contributed by atoms with Crippen LogP contribution in [0.25, 0.3) is 0 Å². The van der Waals surface area contributed by atoms with Crippen molar-refractivity contribution in [3.05, 3.63) is 0 Å². The van der Waals surface area contributed by atoms with Crippen molar-refractivity contribution >= 4 is 5.91 Å². The lowest BCUT2D eigenvalue weighted by atomic mass is 10.0. The molecule has 3 N–H and O–H groups in total. The predicted octanol–water partition coefficient (Wildman–Crippen LogP) is 0.799. The van der Waals surface area contributed by atoms with Crippen LogP contribution in [0.15, 0.2) is 0 Å². The van der Waals surface area contributed by atoms with Crippen LogP contribution in [-0.2, 0) is 9.53 Å². The molecule has 1 aliphatic heterocycles. The van der Waals surface area contributed by atoms with Crippen molar-refractivity contribution in [1.82, 2.24) is 5.32 Å². The molecule has 1 aliphatic rings. The van der Waals surface area contributed by atoms with Gasteiger partial charge in [0, 0.05) is 25.1 Å². The topological polar surface area (TPSA) is 64.4 Å². The van der Waals surface area contributed by atoms with Gasteiger partial charge in [0.1, 0.15) is 0 Å². The summed E-state index contributed by atoms with van der Waals surface area (Å²) in [4.78, 5) is 11.4. The average Bonchev–Trinajstić information content (AvgIpc) is 2.53. The Kier molecular flexibility index (Phi) is 4.54. The number of carbonyl (C=O) groups excluding carboxylic acids is 1. The van der Waals surface area contributed by atoms with Crippen LogP contribution in [0, 0.1) is 0 Å². The second-order valence-electron chi connectivity index (χ2n) is 4.94. The molecule has 1 unspecified atom stereocenters. The standard InChI is InChI=1S/C11H22N2O2/c1-11(2,12)8-10(14)13-6-5-9-4-3-7-15-9/h9H,3-8,12H2,1-2H3,(H,13,14). The molecule has 88 valence electrons. The van der Waals surface area contributed by atoms with Crippen molar-refractivity contribution in [2.45, 2.75) is 51.2 Å². The summed E-state index contributed by atoms with van der Waals surface area (Å²) in [6.45, 7) is 5.27. The first-order valence-corrected chi connectivity index (χ1v) is 5.64. The van der Waals surface area contributed by atoms with Crippen molar-refractivity contribution in [2.75, 3.05) is 13.2 Å². The average molecular weight is 214 g/mol. The van der Waals surface area contributed by atoms with E-state index in [2.05, 4.69) is 5.32 Å². The fourth-order valence-electron chi connectivity index (χ4n) is 1.72. The maximum absolute atomic E-state index is 11.4. The number of ether oxygens (including phenoxy) is 1. The Hall–Kier alpha value is -0.610. The Balaban J connectivity index is 2.06. The monoisotopic (exact) mass is 214 g/mol. The summed E-state index contributed by atoms with van der Waals surface area (Å²) in [5.74, 6) is 0.0282. The molecular formula is C11H22N2O2. The fourth-order valence-corrected chi connectivity index (χ4v) is 1.72. The van der Waals surface area contributed by atoms with Crippen molar-refractivity contribution < 1.29 is 9.53 Å². The molecule has 1 saturated heterocycles. The summed E-state index contributed by atoms with van der Waals surface area (Å²) < 4.78 is 5.46. The lowest BCUT2D eigenvalue weighted by Crippen LogP contribution is -2.39. The van der Waals surface area contributed by atoms with Gasteiger partial charge in [0.05, 0.1) is 6.10 Å². The SMILES string of the molecule is CC(C)(N)CC(=O)NCCC1CCCO1. The van der Waals surface area contributed by atoms with Crippen LogP contribution < -0.4 is 11.1 Å². The molecule has 1 rings (SSSR count). The van der Waals surface area contributed by atoms with Gasteiger partial charge in [-0.05, 0) is 33.1 Å². The van der Waals surface area contributed by atoms with Gasteiger partial charge in [-0.3, -0.25) is 4.79 Å². The minimum atomic E-state index is -0.423. The third-order valence-corrected chi connectivity index (χ3v) is 2.43. The molecule has 1 fully saturated rings. The second-order valence-corrected chi connectivity index (χ2v) is 4.94. The Bertz CT molecular complexity index is 205. The van der Waals surface area contributed by atoms with Crippen LogP contribution in [-0.4, -0.2) is 30.7 Å². The van der Waals surface area contributed by atoms with E-state index in [0.29, 0.717) is 19.1 Å². The summed E-state index contributed by atoms with van der Waals surface area (Å²) in [6.07, 6.45) is 3.90. The van der Waals surface area contributed by atoms with Crippen molar-refractivity contribution in [3.8, 4) is 0 Å². The molecule has 0 aromatic rings. The van der Waals surface area contributed by atoms with Gasteiger partial charge in [0.25, 0.3) is 0 Å². The molecule has 0 aromatic heterocycles. The molecule has 15 heavy (non-hydrogen) atoms. The van der Waals surface area contributed by atoms with E-state index >= 15 is 0 Å². The van der Waals surface area contributed by atoms with Crippen molar-refractivity contribution in [1.29, 1.82) is 0 Å². The smallest absolute Gasteiger partial charge is 0.221 e. The van der Waals surface area contributed by atoms with Crippen LogP contribution in [0.4, 0.5) is 0 Å². The van der Waals surface area contributed by atoms with E-state index in [1.54, 1.807) is 0 Å². The highest BCUT2D eigenvalue weighted by molar-refractivity contribution is 5.76. The van der Waals surface area contributed by atoms with E-state index in [4.69, 9.17) is 10.5 Å². The number of nitrogens with one attached hydrogen (secondary N) is 1. The predicted molar refractivity (Wildman–Crippen MR) is 59.5 cm³/mol. The zero-order valence-electron chi connectivity index (χ0n) is 9.71. The molecular weight excluding hydrogens is 192 g/mol. The number of nitrogens with two attached hydrogens (primary N) is 1. The van der Waals surface area contributed by atoms with E-state index in [0.717, 1.165) is 25.9 Å². The number of rotatable bonds is 5. The van der Waals surface area contributed by atoms with Crippen LogP contribution in [0.2, 0.25) is 0 Å². The number of amides is 1. The van der Waals surface area contributed by atoms with Gasteiger partial charge in [-0.1, -0.05) is 0 Å². The van der Waals surface area contributed by atoms with Crippen LogP contribution >= 0.6 is 0 Å². The third-order valence-electron chi connectivity index (χ3n) is 2.43. The quantitative estimate of drug-likeness (QED) is 0.711. The zero-order chi connectivity index (χ0) is 11.3. The number of hydrogen-bond donors (Lipinski definition) is 2. The summed E-state index contributed by atoms with van der Waals surface area (Å²) in [6, 6.07) is 0. The summed E-state index contributed by atoms with van der Waals surface area (Å²) in [5, 5.41) is 2.87. The summed E-state index contributed by atoms with van der Waals surface area (Å²) >= 11 is 0. The van der Waals surface area contributed by atoms with Crippen LogP contribution in [0.5, 0.6) is 0 Å². The van der Waals surface area contributed by atoms with E-state index in [-0.39, 0.29) is 5.91 Å². The van der Waals surface area contributed by atoms with Gasteiger partial charge < -0.3 is 15.8 Å².